The van der Waals surface area contributed by atoms with Crippen molar-refractivity contribution in [3.05, 3.63) is 108 Å². The number of rotatable bonds is 6. The van der Waals surface area contributed by atoms with Gasteiger partial charge >= 0.3 is 17.9 Å². The van der Waals surface area contributed by atoms with Crippen LogP contribution in [0, 0.1) is 0 Å². The van der Waals surface area contributed by atoms with Crippen LogP contribution in [-0.2, 0) is 18.9 Å². The van der Waals surface area contributed by atoms with Gasteiger partial charge in [-0.2, -0.15) is 0 Å². The molecule has 1 fully saturated rings. The Labute approximate surface area is 215 Å². The molecule has 0 aromatic heterocycles. The van der Waals surface area contributed by atoms with E-state index in [1.807, 2.05) is 0 Å². The summed E-state index contributed by atoms with van der Waals surface area (Å²) in [5, 5.41) is 11.0. The van der Waals surface area contributed by atoms with E-state index in [1.54, 1.807) is 78.9 Å². The molecule has 0 saturated carbocycles. The topological polar surface area (TPSA) is 108 Å². The van der Waals surface area contributed by atoms with E-state index < -0.39 is 47.0 Å². The van der Waals surface area contributed by atoms with Crippen LogP contribution in [0.25, 0.3) is 0 Å². The average Bonchev–Trinajstić information content (AvgIpc) is 2.89. The molecular formula is C27H23BrO8. The second-order valence-electron chi connectivity index (χ2n) is 8.10. The highest BCUT2D eigenvalue weighted by molar-refractivity contribution is 9.10. The van der Waals surface area contributed by atoms with E-state index in [0.29, 0.717) is 0 Å². The van der Waals surface area contributed by atoms with Crippen LogP contribution in [0.4, 0.5) is 0 Å². The van der Waals surface area contributed by atoms with Gasteiger partial charge in [-0.05, 0) is 59.3 Å². The fraction of sp³-hybridized carbons (Fsp3) is 0.222. The maximum absolute atomic E-state index is 13.0. The minimum Gasteiger partial charge on any atom is -0.452 e. The Bertz CT molecular complexity index is 1200. The van der Waals surface area contributed by atoms with Gasteiger partial charge in [-0.15, -0.1) is 0 Å². The number of hydrogen-bond donors (Lipinski definition) is 1. The zero-order valence-corrected chi connectivity index (χ0v) is 20.7. The second kappa shape index (κ2) is 11.0. The normalized spacial score (nSPS) is 25.4. The fourth-order valence-corrected chi connectivity index (χ4v) is 4.41. The number of alkyl halides is 1. The summed E-state index contributed by atoms with van der Waals surface area (Å²) in [4.78, 5) is 38.7. The summed E-state index contributed by atoms with van der Waals surface area (Å²) in [5.74, 6) is -2.27. The van der Waals surface area contributed by atoms with Crippen molar-refractivity contribution in [2.75, 3.05) is 0 Å². The predicted octanol–water partition coefficient (Wildman–Crippen LogP) is 4.12. The molecule has 0 spiro atoms. The Hall–Kier alpha value is -3.53. The zero-order chi connectivity index (χ0) is 25.7. The summed E-state index contributed by atoms with van der Waals surface area (Å²) in [5.41, 5.74) is 0.678. The first-order chi connectivity index (χ1) is 17.3. The lowest BCUT2D eigenvalue weighted by atomic mass is 9.98. The molecule has 1 heterocycles. The first kappa shape index (κ1) is 25.6. The van der Waals surface area contributed by atoms with Gasteiger partial charge in [0.25, 0.3) is 4.70 Å². The maximum Gasteiger partial charge on any atom is 0.338 e. The van der Waals surface area contributed by atoms with Gasteiger partial charge in [0.15, 0.2) is 12.2 Å². The first-order valence-electron chi connectivity index (χ1n) is 11.1. The third-order valence-corrected chi connectivity index (χ3v) is 6.17. The molecule has 3 aromatic rings. The van der Waals surface area contributed by atoms with Crippen LogP contribution in [0.3, 0.4) is 0 Å². The predicted molar refractivity (Wildman–Crippen MR) is 131 cm³/mol. The number of halogens is 1. The molecule has 0 amide bonds. The van der Waals surface area contributed by atoms with Crippen LogP contribution in [-0.4, -0.2) is 52.1 Å². The molecule has 0 radical (unpaired) electrons. The summed E-state index contributed by atoms with van der Waals surface area (Å²) in [7, 11) is 0. The lowest BCUT2D eigenvalue weighted by Gasteiger charge is -2.45. The van der Waals surface area contributed by atoms with Crippen molar-refractivity contribution < 1.29 is 38.4 Å². The Morgan fingerprint density at radius 1 is 0.694 bits per heavy atom. The van der Waals surface area contributed by atoms with Gasteiger partial charge in [-0.3, -0.25) is 0 Å². The summed E-state index contributed by atoms with van der Waals surface area (Å²) < 4.78 is 20.4. The minimum atomic E-state index is -2.24. The van der Waals surface area contributed by atoms with Crippen molar-refractivity contribution in [1.29, 1.82) is 0 Å². The van der Waals surface area contributed by atoms with Crippen LogP contribution in [0.1, 0.15) is 38.0 Å². The molecule has 5 atom stereocenters. The second-order valence-corrected chi connectivity index (χ2v) is 9.23. The third kappa shape index (κ3) is 5.81. The van der Waals surface area contributed by atoms with E-state index in [9.17, 15) is 19.5 Å². The Morgan fingerprint density at radius 3 is 1.47 bits per heavy atom. The highest BCUT2D eigenvalue weighted by Crippen LogP contribution is 2.38. The van der Waals surface area contributed by atoms with Gasteiger partial charge in [-0.25, -0.2) is 14.4 Å². The number of carbonyl (C=O) groups is 3. The number of esters is 3. The van der Waals surface area contributed by atoms with E-state index in [1.165, 1.54) is 19.1 Å². The molecule has 0 aliphatic carbocycles. The van der Waals surface area contributed by atoms with Gasteiger partial charge in [0.05, 0.1) is 22.8 Å². The molecule has 0 unspecified atom stereocenters. The Morgan fingerprint density at radius 2 is 1.06 bits per heavy atom. The van der Waals surface area contributed by atoms with Crippen molar-refractivity contribution in [1.82, 2.24) is 0 Å². The van der Waals surface area contributed by atoms with E-state index in [2.05, 4.69) is 15.9 Å². The average molecular weight is 555 g/mol. The van der Waals surface area contributed by atoms with Crippen molar-refractivity contribution >= 4 is 33.8 Å². The van der Waals surface area contributed by atoms with Crippen LogP contribution >= 0.6 is 15.9 Å². The van der Waals surface area contributed by atoms with Crippen LogP contribution < -0.4 is 0 Å². The molecule has 36 heavy (non-hydrogen) atoms. The molecule has 0 bridgehead atoms. The van der Waals surface area contributed by atoms with Gasteiger partial charge < -0.3 is 24.1 Å². The largest absolute Gasteiger partial charge is 0.452 e. The van der Waals surface area contributed by atoms with Crippen LogP contribution in [0.2, 0.25) is 0 Å². The molecule has 1 aliphatic heterocycles. The number of hydrogen-bond acceptors (Lipinski definition) is 8. The molecule has 186 valence electrons. The van der Waals surface area contributed by atoms with Gasteiger partial charge in [0.2, 0.25) is 6.10 Å². The van der Waals surface area contributed by atoms with Crippen molar-refractivity contribution in [2.24, 2.45) is 0 Å². The summed E-state index contributed by atoms with van der Waals surface area (Å²) in [6, 6.07) is 24.4. The van der Waals surface area contributed by atoms with Crippen LogP contribution in [0.5, 0.6) is 0 Å². The van der Waals surface area contributed by atoms with Gasteiger partial charge in [0.1, 0.15) is 0 Å². The van der Waals surface area contributed by atoms with Gasteiger partial charge in [0, 0.05) is 0 Å². The third-order valence-electron chi connectivity index (χ3n) is 5.54. The Balaban J connectivity index is 1.67. The van der Waals surface area contributed by atoms with Gasteiger partial charge in [-0.1, -0.05) is 54.6 Å². The highest BCUT2D eigenvalue weighted by atomic mass is 79.9. The fourth-order valence-electron chi connectivity index (χ4n) is 3.76. The van der Waals surface area contributed by atoms with E-state index in [0.717, 1.165) is 0 Å². The molecule has 1 saturated heterocycles. The molecular weight excluding hydrogens is 532 g/mol. The number of benzene rings is 3. The van der Waals surface area contributed by atoms with Crippen LogP contribution in [0.15, 0.2) is 91.0 Å². The quantitative estimate of drug-likeness (QED) is 0.275. The molecule has 1 N–H and O–H groups in total. The molecule has 3 aromatic carbocycles. The van der Waals surface area contributed by atoms with Crippen molar-refractivity contribution in [3.63, 3.8) is 0 Å². The number of ether oxygens (including phenoxy) is 4. The maximum atomic E-state index is 13.0. The minimum absolute atomic E-state index is 0.199. The smallest absolute Gasteiger partial charge is 0.338 e. The number of carbonyl (C=O) groups excluding carboxylic acids is 3. The van der Waals surface area contributed by atoms with E-state index in [-0.39, 0.29) is 16.7 Å². The van der Waals surface area contributed by atoms with E-state index >= 15 is 0 Å². The molecule has 1 aliphatic rings. The monoisotopic (exact) mass is 554 g/mol. The van der Waals surface area contributed by atoms with Crippen molar-refractivity contribution in [3.8, 4) is 0 Å². The molecule has 8 nitrogen and oxygen atoms in total. The zero-order valence-electron chi connectivity index (χ0n) is 19.2. The first-order valence-corrected chi connectivity index (χ1v) is 11.9. The molecule has 4 rings (SSSR count). The molecule has 9 heteroatoms. The van der Waals surface area contributed by atoms with E-state index in [4.69, 9.17) is 18.9 Å². The standard InChI is InChI=1S/C27H23BrO8/c1-17-21(33-24(29)18-11-5-2-6-12-18)22(34-25(30)19-13-7-3-8-14-19)23(27(28,32)36-17)35-26(31)20-15-9-4-10-16-20/h2-17,21-23,32H,1H3/t17-,21-,22+,23+,27-/m0/s1. The lowest BCUT2D eigenvalue weighted by molar-refractivity contribution is -0.291. The highest BCUT2D eigenvalue weighted by Gasteiger charge is 2.58. The SMILES string of the molecule is C[C@@H]1O[C@](O)(Br)[C@H](OC(=O)c2ccccc2)[C@H](OC(=O)c2ccccc2)[C@H]1OC(=O)c1ccccc1. The lowest BCUT2D eigenvalue weighted by Crippen LogP contribution is -2.64. The van der Waals surface area contributed by atoms with Crippen molar-refractivity contribution in [2.45, 2.75) is 36.0 Å². The summed E-state index contributed by atoms with van der Waals surface area (Å²) in [6.45, 7) is 1.54. The summed E-state index contributed by atoms with van der Waals surface area (Å²) >= 11 is 3.05. The number of aliphatic hydroxyl groups is 1. The summed E-state index contributed by atoms with van der Waals surface area (Å²) in [6.07, 6.45) is -5.20. The Kier molecular flexibility index (Phi) is 7.83.